The Morgan fingerprint density at radius 3 is 2.75 bits per heavy atom. The van der Waals surface area contributed by atoms with Crippen LogP contribution in [-0.2, 0) is 9.47 Å². The van der Waals surface area contributed by atoms with Crippen LogP contribution in [0.3, 0.4) is 0 Å². The molecule has 1 aromatic heterocycles. The van der Waals surface area contributed by atoms with Gasteiger partial charge in [0.2, 0.25) is 0 Å². The Balaban J connectivity index is 1.73. The highest BCUT2D eigenvalue weighted by molar-refractivity contribution is 6.29. The molecule has 0 aromatic carbocycles. The van der Waals surface area contributed by atoms with Gasteiger partial charge in [0.1, 0.15) is 34.5 Å². The molecule has 178 valence electrons. The van der Waals surface area contributed by atoms with E-state index < -0.39 is 11.6 Å². The second kappa shape index (κ2) is 10.1. The topological polar surface area (TPSA) is 113 Å². The van der Waals surface area contributed by atoms with E-state index >= 15 is 0 Å². The smallest absolute Gasteiger partial charge is 0.410 e. The van der Waals surface area contributed by atoms with Crippen molar-refractivity contribution in [3.05, 3.63) is 16.8 Å². The van der Waals surface area contributed by atoms with E-state index in [2.05, 4.69) is 10.3 Å². The first-order valence-corrected chi connectivity index (χ1v) is 11.1. The molecule has 2 atom stereocenters. The summed E-state index contributed by atoms with van der Waals surface area (Å²) in [5.41, 5.74) is -0.616. The van der Waals surface area contributed by atoms with Crippen LogP contribution in [0, 0.1) is 0 Å². The highest BCUT2D eigenvalue weighted by Crippen LogP contribution is 2.32. The maximum Gasteiger partial charge on any atom is 0.410 e. The van der Waals surface area contributed by atoms with E-state index in [4.69, 9.17) is 25.8 Å². The van der Waals surface area contributed by atoms with Crippen LogP contribution in [0.4, 0.5) is 10.6 Å². The van der Waals surface area contributed by atoms with E-state index in [1.807, 2.05) is 32.6 Å². The van der Waals surface area contributed by atoms with Gasteiger partial charge in [-0.2, -0.15) is 0 Å². The van der Waals surface area contributed by atoms with Crippen molar-refractivity contribution in [2.75, 3.05) is 50.8 Å². The van der Waals surface area contributed by atoms with Crippen LogP contribution in [-0.4, -0.2) is 90.7 Å². The fourth-order valence-corrected chi connectivity index (χ4v) is 3.83. The average molecular weight is 471 g/mol. The Kier molecular flexibility index (Phi) is 7.68. The van der Waals surface area contributed by atoms with E-state index in [0.29, 0.717) is 39.3 Å². The summed E-state index contributed by atoms with van der Waals surface area (Å²) in [7, 11) is 0. The van der Waals surface area contributed by atoms with Crippen molar-refractivity contribution in [2.24, 2.45) is 0 Å². The van der Waals surface area contributed by atoms with E-state index in [1.54, 1.807) is 4.90 Å². The molecule has 1 aromatic rings. The van der Waals surface area contributed by atoms with Crippen molar-refractivity contribution >= 4 is 29.5 Å². The zero-order valence-electron chi connectivity index (χ0n) is 18.9. The molecule has 0 spiro atoms. The fourth-order valence-electron chi connectivity index (χ4n) is 3.65. The van der Waals surface area contributed by atoms with Crippen LogP contribution in [0.5, 0.6) is 5.75 Å². The number of carbonyl (C=O) groups is 2. The monoisotopic (exact) mass is 470 g/mol. The minimum Gasteiger partial charge on any atom is -0.491 e. The zero-order chi connectivity index (χ0) is 23.5. The largest absolute Gasteiger partial charge is 0.491 e. The lowest BCUT2D eigenvalue weighted by Gasteiger charge is -2.35. The number of nitrogens with one attached hydrogen (secondary N) is 1. The highest BCUT2D eigenvalue weighted by Gasteiger charge is 2.30. The van der Waals surface area contributed by atoms with Crippen LogP contribution in [0.25, 0.3) is 0 Å². The molecule has 0 saturated carbocycles. The van der Waals surface area contributed by atoms with Crippen LogP contribution in [0.2, 0.25) is 5.15 Å². The Bertz CT molecular complexity index is 846. The quantitative estimate of drug-likeness (QED) is 0.625. The Labute approximate surface area is 192 Å². The Hall–Kier alpha value is -2.30. The van der Waals surface area contributed by atoms with Gasteiger partial charge in [-0.1, -0.05) is 11.6 Å². The molecule has 2 aliphatic rings. The van der Waals surface area contributed by atoms with Gasteiger partial charge in [-0.15, -0.1) is 0 Å². The van der Waals surface area contributed by atoms with Gasteiger partial charge in [0.25, 0.3) is 0 Å². The van der Waals surface area contributed by atoms with E-state index in [-0.39, 0.29) is 47.1 Å². The molecular formula is C21H31ClN4O6. The van der Waals surface area contributed by atoms with Crippen molar-refractivity contribution in [1.82, 2.24) is 15.2 Å². The van der Waals surface area contributed by atoms with E-state index in [9.17, 15) is 14.7 Å². The van der Waals surface area contributed by atoms with Gasteiger partial charge in [0, 0.05) is 38.8 Å². The number of anilines is 1. The molecule has 10 nitrogen and oxygen atoms in total. The summed E-state index contributed by atoms with van der Waals surface area (Å²) in [4.78, 5) is 32.2. The van der Waals surface area contributed by atoms with Crippen molar-refractivity contribution in [3.63, 3.8) is 0 Å². The van der Waals surface area contributed by atoms with Crippen molar-refractivity contribution in [1.29, 1.82) is 0 Å². The van der Waals surface area contributed by atoms with Crippen LogP contribution >= 0.6 is 11.6 Å². The number of aromatic nitrogens is 1. The number of pyridine rings is 1. The third kappa shape index (κ3) is 6.36. The fraction of sp³-hybridized carbons (Fsp3) is 0.667. The van der Waals surface area contributed by atoms with Crippen LogP contribution in [0.15, 0.2) is 6.07 Å². The summed E-state index contributed by atoms with van der Waals surface area (Å²) in [5, 5.41) is 13.3. The molecule has 1 amide bonds. The second-order valence-electron chi connectivity index (χ2n) is 8.96. The number of aromatic carboxylic acids is 1. The molecule has 0 aliphatic carbocycles. The van der Waals surface area contributed by atoms with Gasteiger partial charge in [0.05, 0.1) is 18.8 Å². The lowest BCUT2D eigenvalue weighted by atomic mass is 10.2. The third-order valence-corrected chi connectivity index (χ3v) is 5.23. The van der Waals surface area contributed by atoms with Gasteiger partial charge in [0.15, 0.2) is 0 Å². The summed E-state index contributed by atoms with van der Waals surface area (Å²) in [6.07, 6.45) is -0.438. The number of rotatable bonds is 5. The Morgan fingerprint density at radius 2 is 2.09 bits per heavy atom. The normalized spacial score (nSPS) is 21.9. The summed E-state index contributed by atoms with van der Waals surface area (Å²) in [6, 6.07) is 1.21. The number of piperazine rings is 1. The lowest BCUT2D eigenvalue weighted by Crippen LogP contribution is -2.55. The SMILES string of the molecule is C[C@H]1CN(c2nc(Cl)cc(OC[C@H]3CN(C(=O)OC(C)(C)C)CCN3)c2C(=O)O)CCO1. The number of carboxylic acid groups (broad SMARTS) is 1. The van der Waals surface area contributed by atoms with Gasteiger partial charge in [-0.3, -0.25) is 0 Å². The number of hydrogen-bond donors (Lipinski definition) is 2. The zero-order valence-corrected chi connectivity index (χ0v) is 19.6. The third-order valence-electron chi connectivity index (χ3n) is 5.03. The maximum atomic E-state index is 12.4. The number of hydrogen-bond acceptors (Lipinski definition) is 8. The number of nitrogens with zero attached hydrogens (tertiary/aromatic N) is 3. The molecule has 0 unspecified atom stereocenters. The minimum absolute atomic E-state index is 0.0386. The molecule has 2 fully saturated rings. The molecular weight excluding hydrogens is 440 g/mol. The highest BCUT2D eigenvalue weighted by atomic mass is 35.5. The first-order chi connectivity index (χ1) is 15.0. The minimum atomic E-state index is -1.15. The van der Waals surface area contributed by atoms with Crippen molar-refractivity contribution in [2.45, 2.75) is 45.4 Å². The number of carbonyl (C=O) groups excluding carboxylic acids is 1. The molecule has 2 aliphatic heterocycles. The molecule has 11 heteroatoms. The van der Waals surface area contributed by atoms with Gasteiger partial charge >= 0.3 is 12.1 Å². The average Bonchev–Trinajstić information content (AvgIpc) is 2.70. The molecule has 32 heavy (non-hydrogen) atoms. The molecule has 3 heterocycles. The van der Waals surface area contributed by atoms with E-state index in [1.165, 1.54) is 6.07 Å². The van der Waals surface area contributed by atoms with E-state index in [0.717, 1.165) is 0 Å². The molecule has 3 rings (SSSR count). The summed E-state index contributed by atoms with van der Waals surface area (Å²) >= 11 is 6.20. The molecule has 0 bridgehead atoms. The standard InChI is InChI=1S/C21H31ClN4O6/c1-13-10-25(7-8-30-13)18-17(19(27)28)15(9-16(22)24-18)31-12-14-11-26(6-5-23-14)20(29)32-21(2,3)4/h9,13-14,23H,5-8,10-12H2,1-4H3,(H,27,28)/t13-,14+/m0/s1. The number of carboxylic acids is 1. The second-order valence-corrected chi connectivity index (χ2v) is 9.35. The summed E-state index contributed by atoms with van der Waals surface area (Å²) < 4.78 is 16.9. The van der Waals surface area contributed by atoms with Gasteiger partial charge in [-0.25, -0.2) is 14.6 Å². The number of amides is 1. The number of halogens is 1. The van der Waals surface area contributed by atoms with Crippen molar-refractivity contribution < 1.29 is 28.9 Å². The van der Waals surface area contributed by atoms with Gasteiger partial charge in [-0.05, 0) is 27.7 Å². The summed E-state index contributed by atoms with van der Waals surface area (Å²) in [6.45, 7) is 10.5. The molecule has 0 radical (unpaired) electrons. The Morgan fingerprint density at radius 1 is 1.34 bits per heavy atom. The first kappa shape index (κ1) is 24.3. The summed E-state index contributed by atoms with van der Waals surface area (Å²) in [5.74, 6) is -0.740. The first-order valence-electron chi connectivity index (χ1n) is 10.7. The number of ether oxygens (including phenoxy) is 3. The van der Waals surface area contributed by atoms with Gasteiger partial charge < -0.3 is 34.4 Å². The maximum absolute atomic E-state index is 12.4. The predicted octanol–water partition coefficient (Wildman–Crippen LogP) is 2.25. The molecule has 2 saturated heterocycles. The van der Waals surface area contributed by atoms with Crippen LogP contribution in [0.1, 0.15) is 38.1 Å². The van der Waals surface area contributed by atoms with Crippen LogP contribution < -0.4 is 15.0 Å². The molecule has 2 N–H and O–H groups in total. The van der Waals surface area contributed by atoms with Crippen molar-refractivity contribution in [3.8, 4) is 5.75 Å². The number of morpholine rings is 1. The predicted molar refractivity (Wildman–Crippen MR) is 119 cm³/mol. The lowest BCUT2D eigenvalue weighted by molar-refractivity contribution is 0.0178.